The summed E-state index contributed by atoms with van der Waals surface area (Å²) in [5, 5.41) is 8.36. The van der Waals surface area contributed by atoms with Crippen molar-refractivity contribution in [3.63, 3.8) is 0 Å². The normalized spacial score (nSPS) is 15.1. The molecule has 0 amide bonds. The van der Waals surface area contributed by atoms with Gasteiger partial charge in [0.1, 0.15) is 6.04 Å². The first-order valence-corrected chi connectivity index (χ1v) is 3.08. The van der Waals surface area contributed by atoms with Crippen LogP contribution in [0.1, 0.15) is 20.3 Å². The Morgan fingerprint density at radius 2 is 2.10 bits per heavy atom. The van der Waals surface area contributed by atoms with E-state index in [1.165, 1.54) is 0 Å². The lowest BCUT2D eigenvalue weighted by molar-refractivity contribution is -0.139. The van der Waals surface area contributed by atoms with Crippen LogP contribution < -0.4 is 5.73 Å². The maximum Gasteiger partial charge on any atom is 0.320 e. The van der Waals surface area contributed by atoms with Crippen LogP contribution in [-0.2, 0) is 4.79 Å². The van der Waals surface area contributed by atoms with E-state index in [9.17, 15) is 4.79 Å². The van der Waals surface area contributed by atoms with E-state index in [2.05, 4.69) is 0 Å². The second kappa shape index (κ2) is 5.50. The third kappa shape index (κ3) is 3.69. The molecule has 0 saturated heterocycles. The maximum atomic E-state index is 10.2. The van der Waals surface area contributed by atoms with Crippen LogP contribution in [-0.4, -0.2) is 17.1 Å². The van der Waals surface area contributed by atoms with Crippen LogP contribution in [0.2, 0.25) is 0 Å². The summed E-state index contributed by atoms with van der Waals surface area (Å²) in [6.07, 6.45) is 0.813. The average Bonchev–Trinajstić information content (AvgIpc) is 1.84. The number of halogens is 1. The number of hydrogen-bond acceptors (Lipinski definition) is 2. The Labute approximate surface area is 67.0 Å². The lowest BCUT2D eigenvalue weighted by Gasteiger charge is -2.11. The number of hydrogen-bond donors (Lipinski definition) is 2. The van der Waals surface area contributed by atoms with Gasteiger partial charge in [-0.2, -0.15) is 0 Å². The van der Waals surface area contributed by atoms with Gasteiger partial charge in [0.15, 0.2) is 0 Å². The monoisotopic (exact) mass is 167 g/mol. The van der Waals surface area contributed by atoms with Crippen molar-refractivity contribution in [2.75, 3.05) is 0 Å². The minimum Gasteiger partial charge on any atom is -0.480 e. The molecule has 0 bridgehead atoms. The Hall–Kier alpha value is -0.280. The van der Waals surface area contributed by atoms with Crippen molar-refractivity contribution in [3.8, 4) is 0 Å². The van der Waals surface area contributed by atoms with Gasteiger partial charge >= 0.3 is 5.97 Å². The summed E-state index contributed by atoms with van der Waals surface area (Å²) in [4.78, 5) is 10.2. The molecular weight excluding hydrogens is 154 g/mol. The molecule has 0 heterocycles. The molecule has 2 atom stereocenters. The minimum atomic E-state index is -0.913. The van der Waals surface area contributed by atoms with E-state index >= 15 is 0 Å². The molecule has 0 spiro atoms. The van der Waals surface area contributed by atoms with E-state index in [0.29, 0.717) is 0 Å². The summed E-state index contributed by atoms with van der Waals surface area (Å²) < 4.78 is 0. The van der Waals surface area contributed by atoms with Crippen LogP contribution in [0.4, 0.5) is 0 Å². The molecule has 0 unspecified atom stereocenters. The third-order valence-electron chi connectivity index (χ3n) is 1.54. The molecule has 0 saturated carbocycles. The molecule has 4 heteroatoms. The van der Waals surface area contributed by atoms with Crippen LogP contribution in [0.5, 0.6) is 0 Å². The van der Waals surface area contributed by atoms with Gasteiger partial charge in [0.2, 0.25) is 0 Å². The highest BCUT2D eigenvalue weighted by molar-refractivity contribution is 5.85. The van der Waals surface area contributed by atoms with E-state index in [1.54, 1.807) is 0 Å². The van der Waals surface area contributed by atoms with Crippen LogP contribution in [0, 0.1) is 5.92 Å². The Morgan fingerprint density at radius 3 is 2.20 bits per heavy atom. The number of carboxylic acids is 1. The predicted octanol–water partition coefficient (Wildman–Crippen LogP) is 0.866. The first-order valence-electron chi connectivity index (χ1n) is 3.08. The predicted molar refractivity (Wildman–Crippen MR) is 42.3 cm³/mol. The Morgan fingerprint density at radius 1 is 1.70 bits per heavy atom. The lowest BCUT2D eigenvalue weighted by atomic mass is 10.0. The van der Waals surface area contributed by atoms with Crippen LogP contribution >= 0.6 is 12.4 Å². The molecule has 10 heavy (non-hydrogen) atoms. The fourth-order valence-corrected chi connectivity index (χ4v) is 0.497. The first-order chi connectivity index (χ1) is 4.09. The molecule has 0 aromatic carbocycles. The molecule has 0 aliphatic carbocycles. The average molecular weight is 168 g/mol. The molecule has 0 aromatic heterocycles. The highest BCUT2D eigenvalue weighted by atomic mass is 35.5. The highest BCUT2D eigenvalue weighted by Gasteiger charge is 2.17. The number of nitrogens with two attached hydrogens (primary N) is 1. The molecule has 0 radical (unpaired) electrons. The van der Waals surface area contributed by atoms with E-state index in [-0.39, 0.29) is 18.3 Å². The zero-order valence-electron chi connectivity index (χ0n) is 6.20. The van der Waals surface area contributed by atoms with E-state index in [4.69, 9.17) is 10.8 Å². The highest BCUT2D eigenvalue weighted by Crippen LogP contribution is 2.04. The van der Waals surface area contributed by atoms with Gasteiger partial charge in [-0.15, -0.1) is 12.4 Å². The topological polar surface area (TPSA) is 63.3 Å². The SMILES string of the molecule is CC[C@@H](C)[C@H](N)C(=O)O.Cl. The summed E-state index contributed by atoms with van der Waals surface area (Å²) in [6.45, 7) is 3.76. The van der Waals surface area contributed by atoms with Crippen LogP contribution in [0.3, 0.4) is 0 Å². The quantitative estimate of drug-likeness (QED) is 0.656. The van der Waals surface area contributed by atoms with Crippen molar-refractivity contribution in [2.45, 2.75) is 26.3 Å². The number of carbonyl (C=O) groups is 1. The number of carboxylic acid groups (broad SMARTS) is 1. The van der Waals surface area contributed by atoms with Crippen molar-refractivity contribution in [3.05, 3.63) is 0 Å². The van der Waals surface area contributed by atoms with Gasteiger partial charge in [-0.1, -0.05) is 20.3 Å². The van der Waals surface area contributed by atoms with Gasteiger partial charge in [0.25, 0.3) is 0 Å². The van der Waals surface area contributed by atoms with Gasteiger partial charge in [-0.25, -0.2) is 0 Å². The summed E-state index contributed by atoms with van der Waals surface area (Å²) in [7, 11) is 0. The molecule has 0 aliphatic heterocycles. The van der Waals surface area contributed by atoms with Crippen LogP contribution in [0.25, 0.3) is 0 Å². The smallest absolute Gasteiger partial charge is 0.320 e. The first kappa shape index (κ1) is 12.4. The van der Waals surface area contributed by atoms with Crippen molar-refractivity contribution in [1.29, 1.82) is 0 Å². The van der Waals surface area contributed by atoms with Crippen molar-refractivity contribution in [1.82, 2.24) is 0 Å². The molecular formula is C6H14ClNO2. The van der Waals surface area contributed by atoms with Gasteiger partial charge in [-0.05, 0) is 5.92 Å². The summed E-state index contributed by atoms with van der Waals surface area (Å²) in [5.74, 6) is -0.841. The standard InChI is InChI=1S/C6H13NO2.ClH/c1-3-4(2)5(7)6(8)9;/h4-5H,3,7H2,1-2H3,(H,8,9);1H/t4-,5+;/m1./s1. The molecule has 0 aliphatic rings. The summed E-state index contributed by atoms with van der Waals surface area (Å²) in [6, 6.07) is -0.699. The molecule has 0 aromatic rings. The Kier molecular flexibility index (Phi) is 6.82. The van der Waals surface area contributed by atoms with Gasteiger partial charge in [-0.3, -0.25) is 4.79 Å². The third-order valence-corrected chi connectivity index (χ3v) is 1.54. The largest absolute Gasteiger partial charge is 0.480 e. The second-order valence-corrected chi connectivity index (χ2v) is 2.25. The van der Waals surface area contributed by atoms with E-state index in [1.807, 2.05) is 13.8 Å². The minimum absolute atomic E-state index is 0. The Balaban J connectivity index is 0. The molecule has 62 valence electrons. The van der Waals surface area contributed by atoms with Gasteiger partial charge < -0.3 is 10.8 Å². The van der Waals surface area contributed by atoms with Crippen molar-refractivity contribution >= 4 is 18.4 Å². The van der Waals surface area contributed by atoms with E-state index < -0.39 is 12.0 Å². The Bertz CT molecular complexity index is 108. The summed E-state index contributed by atoms with van der Waals surface area (Å²) in [5.41, 5.74) is 5.27. The van der Waals surface area contributed by atoms with E-state index in [0.717, 1.165) is 6.42 Å². The maximum absolute atomic E-state index is 10.2. The van der Waals surface area contributed by atoms with Crippen molar-refractivity contribution in [2.24, 2.45) is 11.7 Å². The number of rotatable bonds is 3. The molecule has 3 nitrogen and oxygen atoms in total. The van der Waals surface area contributed by atoms with Crippen LogP contribution in [0.15, 0.2) is 0 Å². The molecule has 0 fully saturated rings. The fraction of sp³-hybridized carbons (Fsp3) is 0.833. The van der Waals surface area contributed by atoms with Crippen molar-refractivity contribution < 1.29 is 9.90 Å². The lowest BCUT2D eigenvalue weighted by Crippen LogP contribution is -2.36. The number of aliphatic carboxylic acids is 1. The second-order valence-electron chi connectivity index (χ2n) is 2.25. The fourth-order valence-electron chi connectivity index (χ4n) is 0.497. The summed E-state index contributed by atoms with van der Waals surface area (Å²) >= 11 is 0. The molecule has 0 rings (SSSR count). The van der Waals surface area contributed by atoms with Gasteiger partial charge in [0.05, 0.1) is 0 Å². The zero-order valence-corrected chi connectivity index (χ0v) is 7.02. The zero-order chi connectivity index (χ0) is 7.44. The molecule has 3 N–H and O–H groups in total. The van der Waals surface area contributed by atoms with Gasteiger partial charge in [0, 0.05) is 0 Å².